The van der Waals surface area contributed by atoms with E-state index in [4.69, 9.17) is 11.5 Å². The molecular formula is C15H23ClN4OS. The molecule has 0 aromatic carbocycles. The maximum absolute atomic E-state index is 12.8. The summed E-state index contributed by atoms with van der Waals surface area (Å²) in [7, 11) is 0. The van der Waals surface area contributed by atoms with Crippen LogP contribution in [0.4, 0.5) is 0 Å². The molecule has 4 N–H and O–H groups in total. The molecule has 2 heterocycles. The highest BCUT2D eigenvalue weighted by Crippen LogP contribution is 2.36. The van der Waals surface area contributed by atoms with E-state index in [0.717, 1.165) is 44.1 Å². The number of carbonyl (C=O) groups excluding carboxylic acids is 1. The van der Waals surface area contributed by atoms with E-state index in [-0.39, 0.29) is 24.2 Å². The fourth-order valence-corrected chi connectivity index (χ4v) is 4.77. The van der Waals surface area contributed by atoms with Gasteiger partial charge in [-0.15, -0.1) is 23.7 Å². The molecule has 0 saturated heterocycles. The van der Waals surface area contributed by atoms with Crippen molar-refractivity contribution in [2.45, 2.75) is 62.7 Å². The van der Waals surface area contributed by atoms with E-state index >= 15 is 0 Å². The Labute approximate surface area is 140 Å². The van der Waals surface area contributed by atoms with Crippen LogP contribution in [-0.4, -0.2) is 39.8 Å². The molecule has 4 rings (SSSR count). The number of Topliss-reactive ketones (excluding diaryl/α,β-unsaturated/α-hetero) is 1. The summed E-state index contributed by atoms with van der Waals surface area (Å²) in [6.07, 6.45) is 6.05. The summed E-state index contributed by atoms with van der Waals surface area (Å²) in [4.78, 5) is 21.1. The Kier molecular flexibility index (Phi) is 4.33. The van der Waals surface area contributed by atoms with Gasteiger partial charge >= 0.3 is 0 Å². The molecule has 1 aromatic rings. The minimum Gasteiger partial charge on any atom is -0.326 e. The molecule has 2 unspecified atom stereocenters. The second-order valence-electron chi connectivity index (χ2n) is 6.71. The zero-order chi connectivity index (χ0) is 14.6. The van der Waals surface area contributed by atoms with Crippen molar-refractivity contribution in [3.05, 3.63) is 15.6 Å². The van der Waals surface area contributed by atoms with Crippen LogP contribution in [0, 0.1) is 0 Å². The monoisotopic (exact) mass is 342 g/mol. The summed E-state index contributed by atoms with van der Waals surface area (Å²) in [5.41, 5.74) is 12.6. The van der Waals surface area contributed by atoms with E-state index in [1.165, 1.54) is 17.7 Å². The van der Waals surface area contributed by atoms with Crippen LogP contribution >= 0.6 is 23.7 Å². The highest BCUT2D eigenvalue weighted by molar-refractivity contribution is 7.13. The first-order valence-electron chi connectivity index (χ1n) is 7.90. The van der Waals surface area contributed by atoms with Gasteiger partial charge in [-0.1, -0.05) is 0 Å². The van der Waals surface area contributed by atoms with Gasteiger partial charge in [-0.2, -0.15) is 0 Å². The Morgan fingerprint density at radius 2 is 2.14 bits per heavy atom. The van der Waals surface area contributed by atoms with Crippen LogP contribution in [0.2, 0.25) is 0 Å². The number of rotatable bonds is 3. The Bertz CT molecular complexity index is 588. The first-order valence-corrected chi connectivity index (χ1v) is 8.71. The van der Waals surface area contributed by atoms with Crippen molar-refractivity contribution >= 4 is 29.5 Å². The molecule has 2 atom stereocenters. The maximum Gasteiger partial charge on any atom is 0.212 e. The summed E-state index contributed by atoms with van der Waals surface area (Å²) in [5, 5.41) is 0.581. The SMILES string of the molecule is Cl.NC1CCCC1(N)C(=O)c1nc2c(s1)CN(C1CC1)CC2. The highest BCUT2D eigenvalue weighted by atomic mass is 35.5. The number of aromatic nitrogens is 1. The minimum absolute atomic E-state index is 0. The Morgan fingerprint density at radius 1 is 1.36 bits per heavy atom. The van der Waals surface area contributed by atoms with E-state index in [1.807, 2.05) is 0 Å². The first-order chi connectivity index (χ1) is 10.1. The van der Waals surface area contributed by atoms with Crippen LogP contribution in [0.25, 0.3) is 0 Å². The average molecular weight is 343 g/mol. The summed E-state index contributed by atoms with van der Waals surface area (Å²) in [6, 6.07) is 0.539. The molecule has 0 amide bonds. The molecule has 3 aliphatic rings. The largest absolute Gasteiger partial charge is 0.326 e. The Hall–Kier alpha value is -0.530. The number of halogens is 1. The first kappa shape index (κ1) is 16.3. The number of nitrogens with zero attached hydrogens (tertiary/aromatic N) is 2. The fourth-order valence-electron chi connectivity index (χ4n) is 3.60. The van der Waals surface area contributed by atoms with Crippen LogP contribution in [0.1, 0.15) is 52.5 Å². The predicted octanol–water partition coefficient (Wildman–Crippen LogP) is 1.48. The van der Waals surface area contributed by atoms with Gasteiger partial charge in [0.05, 0.1) is 11.2 Å². The molecule has 0 radical (unpaired) electrons. The van der Waals surface area contributed by atoms with Crippen LogP contribution in [-0.2, 0) is 13.0 Å². The Morgan fingerprint density at radius 3 is 2.77 bits per heavy atom. The fraction of sp³-hybridized carbons (Fsp3) is 0.733. The molecule has 5 nitrogen and oxygen atoms in total. The molecule has 1 aliphatic heterocycles. The average Bonchev–Trinajstić information content (AvgIpc) is 3.15. The van der Waals surface area contributed by atoms with Crippen molar-refractivity contribution in [1.82, 2.24) is 9.88 Å². The third kappa shape index (κ3) is 2.61. The molecule has 7 heteroatoms. The van der Waals surface area contributed by atoms with Crippen molar-refractivity contribution < 1.29 is 4.79 Å². The number of thiazole rings is 1. The van der Waals surface area contributed by atoms with E-state index in [0.29, 0.717) is 11.4 Å². The number of nitrogens with two attached hydrogens (primary N) is 2. The number of hydrogen-bond acceptors (Lipinski definition) is 6. The zero-order valence-corrected chi connectivity index (χ0v) is 14.2. The standard InChI is InChI=1S/C15H22N4OS.ClH/c16-12-2-1-6-15(12,17)13(20)14-18-10-5-7-19(9-3-4-9)8-11(10)21-14;/h9,12H,1-8,16-17H2;1H. The van der Waals surface area contributed by atoms with Crippen molar-refractivity contribution in [3.8, 4) is 0 Å². The molecule has 1 aromatic heterocycles. The third-order valence-corrected chi connectivity index (χ3v) is 6.29. The lowest BCUT2D eigenvalue weighted by atomic mass is 9.90. The molecular weight excluding hydrogens is 320 g/mol. The van der Waals surface area contributed by atoms with Gasteiger partial charge in [0.15, 0.2) is 5.01 Å². The quantitative estimate of drug-likeness (QED) is 0.813. The van der Waals surface area contributed by atoms with E-state index in [1.54, 1.807) is 11.3 Å². The number of fused-ring (bicyclic) bond motifs is 1. The van der Waals surface area contributed by atoms with Gasteiger partial charge in [0.2, 0.25) is 5.78 Å². The predicted molar refractivity (Wildman–Crippen MR) is 89.6 cm³/mol. The van der Waals surface area contributed by atoms with Gasteiger partial charge in [-0.25, -0.2) is 4.98 Å². The second-order valence-corrected chi connectivity index (χ2v) is 7.79. The van der Waals surface area contributed by atoms with Gasteiger partial charge in [0, 0.05) is 36.5 Å². The summed E-state index contributed by atoms with van der Waals surface area (Å²) >= 11 is 1.54. The molecule has 0 bridgehead atoms. The summed E-state index contributed by atoms with van der Waals surface area (Å²) in [6.45, 7) is 2.02. The van der Waals surface area contributed by atoms with Gasteiger partial charge in [-0.3, -0.25) is 9.69 Å². The van der Waals surface area contributed by atoms with Crippen LogP contribution in [0.15, 0.2) is 0 Å². The molecule has 0 spiro atoms. The highest BCUT2D eigenvalue weighted by Gasteiger charge is 2.45. The number of carbonyl (C=O) groups is 1. The molecule has 122 valence electrons. The van der Waals surface area contributed by atoms with E-state index in [2.05, 4.69) is 9.88 Å². The van der Waals surface area contributed by atoms with Crippen LogP contribution in [0.3, 0.4) is 0 Å². The summed E-state index contributed by atoms with van der Waals surface area (Å²) in [5.74, 6) is -0.0372. The smallest absolute Gasteiger partial charge is 0.212 e. The maximum atomic E-state index is 12.8. The minimum atomic E-state index is -0.892. The normalized spacial score (nSPS) is 31.6. The van der Waals surface area contributed by atoms with Crippen LogP contribution in [0.5, 0.6) is 0 Å². The molecule has 22 heavy (non-hydrogen) atoms. The Balaban J connectivity index is 0.00000144. The topological polar surface area (TPSA) is 85.2 Å². The molecule has 2 aliphatic carbocycles. The number of hydrogen-bond donors (Lipinski definition) is 2. The summed E-state index contributed by atoms with van der Waals surface area (Å²) < 4.78 is 0. The van der Waals surface area contributed by atoms with E-state index < -0.39 is 5.54 Å². The van der Waals surface area contributed by atoms with Gasteiger partial charge in [0.25, 0.3) is 0 Å². The number of ketones is 1. The molecule has 2 saturated carbocycles. The van der Waals surface area contributed by atoms with Gasteiger partial charge < -0.3 is 11.5 Å². The lowest BCUT2D eigenvalue weighted by Crippen LogP contribution is -2.57. The van der Waals surface area contributed by atoms with Crippen molar-refractivity contribution in [2.24, 2.45) is 11.5 Å². The lowest BCUT2D eigenvalue weighted by molar-refractivity contribution is 0.0879. The molecule has 2 fully saturated rings. The zero-order valence-electron chi connectivity index (χ0n) is 12.6. The second kappa shape index (κ2) is 5.83. The van der Waals surface area contributed by atoms with Crippen molar-refractivity contribution in [1.29, 1.82) is 0 Å². The van der Waals surface area contributed by atoms with Crippen molar-refractivity contribution in [3.63, 3.8) is 0 Å². The van der Waals surface area contributed by atoms with E-state index in [9.17, 15) is 4.79 Å². The third-order valence-electron chi connectivity index (χ3n) is 5.21. The van der Waals surface area contributed by atoms with Crippen LogP contribution < -0.4 is 11.5 Å². The van der Waals surface area contributed by atoms with Crippen molar-refractivity contribution in [2.75, 3.05) is 6.54 Å². The van der Waals surface area contributed by atoms with Gasteiger partial charge in [0.1, 0.15) is 0 Å². The van der Waals surface area contributed by atoms with Gasteiger partial charge in [-0.05, 0) is 32.1 Å². The lowest BCUT2D eigenvalue weighted by Gasteiger charge is -2.25.